The Kier molecular flexibility index (Phi) is 5.72. The van der Waals surface area contributed by atoms with Gasteiger partial charge in [0.2, 0.25) is 12.6 Å². The minimum atomic E-state index is -2.21. The number of ether oxygens (including phenoxy) is 2. The van der Waals surface area contributed by atoms with Crippen molar-refractivity contribution in [2.75, 3.05) is 12.5 Å². The van der Waals surface area contributed by atoms with E-state index in [1.807, 2.05) is 0 Å². The number of nitrogens with zero attached hydrogens (tertiary/aromatic N) is 4. The summed E-state index contributed by atoms with van der Waals surface area (Å²) in [5.41, 5.74) is 5.19. The molecule has 2 aromatic rings. The van der Waals surface area contributed by atoms with Gasteiger partial charge in [-0.1, -0.05) is 0 Å². The van der Waals surface area contributed by atoms with E-state index in [-0.39, 0.29) is 30.7 Å². The molecule has 3 aliphatic rings. The van der Waals surface area contributed by atoms with E-state index in [0.29, 0.717) is 21.1 Å². The molecule has 34 heavy (non-hydrogen) atoms. The van der Waals surface area contributed by atoms with Crippen LogP contribution in [0.3, 0.4) is 0 Å². The van der Waals surface area contributed by atoms with E-state index in [2.05, 4.69) is 30.9 Å². The lowest BCUT2D eigenvalue weighted by Gasteiger charge is -2.12. The van der Waals surface area contributed by atoms with E-state index in [9.17, 15) is 22.0 Å². The summed E-state index contributed by atoms with van der Waals surface area (Å²) in [4.78, 5) is 13.5. The SMILES string of the molecule is Nc1ncn(CCc2c(F)c(F)c(F)c(F)c2F)c2nc(Sc3cc4c(cc3Br)OCO4)nc1-2. The molecule has 7 nitrogen and oxygen atoms in total. The number of hydrogen-bond acceptors (Lipinski definition) is 7. The smallest absolute Gasteiger partial charge is 0.231 e. The highest BCUT2D eigenvalue weighted by atomic mass is 79.9. The van der Waals surface area contributed by atoms with Crippen molar-refractivity contribution < 1.29 is 31.4 Å². The predicted molar refractivity (Wildman–Crippen MR) is 113 cm³/mol. The molecule has 14 heteroatoms. The van der Waals surface area contributed by atoms with E-state index >= 15 is 0 Å². The van der Waals surface area contributed by atoms with Crippen molar-refractivity contribution in [3.8, 4) is 23.0 Å². The molecule has 2 aromatic carbocycles. The molecule has 2 N–H and O–H groups in total. The molecule has 0 saturated carbocycles. The Morgan fingerprint density at radius 1 is 0.971 bits per heavy atom. The molecule has 0 spiro atoms. The number of hydrogen-bond donors (Lipinski definition) is 1. The van der Waals surface area contributed by atoms with Gasteiger partial charge < -0.3 is 19.8 Å². The molecule has 0 radical (unpaired) electrons. The molecule has 3 heterocycles. The summed E-state index contributed by atoms with van der Waals surface area (Å²) in [6.45, 7) is -0.0868. The first-order valence-corrected chi connectivity index (χ1v) is 11.1. The molecule has 5 rings (SSSR count). The van der Waals surface area contributed by atoms with E-state index in [0.717, 1.165) is 4.90 Å². The second-order valence-electron chi connectivity index (χ2n) is 7.04. The number of halogens is 6. The van der Waals surface area contributed by atoms with Crippen LogP contribution in [0.25, 0.3) is 11.5 Å². The minimum absolute atomic E-state index is 0.0617. The third kappa shape index (κ3) is 3.79. The van der Waals surface area contributed by atoms with Gasteiger partial charge in [-0.15, -0.1) is 0 Å². The molecule has 176 valence electrons. The lowest BCUT2D eigenvalue weighted by Crippen LogP contribution is -2.13. The number of benzene rings is 2. The third-order valence-electron chi connectivity index (χ3n) is 5.00. The number of aryl methyl sites for hydroxylation is 1. The second kappa shape index (κ2) is 8.58. The van der Waals surface area contributed by atoms with Crippen molar-refractivity contribution >= 4 is 33.5 Å². The standard InChI is InChI=1S/C20H11BrF5N5O2S/c21-8-3-9-10(33-6-32-9)4-11(8)34-20-29-17-18(27)28-5-31(19(17)30-20)2-1-7-12(22)14(24)16(26)15(25)13(7)23/h3-5H,1-2,6,27H2. The van der Waals surface area contributed by atoms with Gasteiger partial charge in [0.1, 0.15) is 0 Å². The summed E-state index contributed by atoms with van der Waals surface area (Å²) in [6, 6.07) is 3.49. The van der Waals surface area contributed by atoms with Crippen molar-refractivity contribution in [3.05, 3.63) is 57.6 Å². The molecule has 0 aromatic heterocycles. The largest absolute Gasteiger partial charge is 0.454 e. The molecule has 0 amide bonds. The fourth-order valence-electron chi connectivity index (χ4n) is 3.32. The molecule has 3 aliphatic heterocycles. The van der Waals surface area contributed by atoms with Gasteiger partial charge in [0, 0.05) is 21.5 Å². The number of imidazole rings is 1. The Bertz CT molecular complexity index is 1390. The van der Waals surface area contributed by atoms with Crippen LogP contribution in [0.1, 0.15) is 5.56 Å². The lowest BCUT2D eigenvalue weighted by atomic mass is 10.1. The quantitative estimate of drug-likeness (QED) is 0.210. The maximum Gasteiger partial charge on any atom is 0.231 e. The highest BCUT2D eigenvalue weighted by Gasteiger charge is 2.26. The van der Waals surface area contributed by atoms with Crippen molar-refractivity contribution in [2.24, 2.45) is 0 Å². The van der Waals surface area contributed by atoms with Crippen molar-refractivity contribution in [1.29, 1.82) is 0 Å². The molecular weight excluding hydrogens is 549 g/mol. The Balaban J connectivity index is 1.45. The summed E-state index contributed by atoms with van der Waals surface area (Å²) in [7, 11) is 0. The second-order valence-corrected chi connectivity index (χ2v) is 8.90. The van der Waals surface area contributed by atoms with Crippen LogP contribution in [-0.2, 0) is 13.0 Å². The number of rotatable bonds is 5. The Hall–Kier alpha value is -3.13. The van der Waals surface area contributed by atoms with Gasteiger partial charge in [0.05, 0.1) is 6.33 Å². The van der Waals surface area contributed by atoms with Gasteiger partial charge in [-0.3, -0.25) is 0 Å². The van der Waals surface area contributed by atoms with Crippen LogP contribution in [0.15, 0.2) is 33.0 Å². The summed E-state index contributed by atoms with van der Waals surface area (Å²) >= 11 is 4.63. The van der Waals surface area contributed by atoms with Crippen molar-refractivity contribution in [2.45, 2.75) is 23.0 Å². The van der Waals surface area contributed by atoms with Crippen molar-refractivity contribution in [1.82, 2.24) is 19.5 Å². The van der Waals surface area contributed by atoms with Crippen LogP contribution in [0.5, 0.6) is 11.5 Å². The lowest BCUT2D eigenvalue weighted by molar-refractivity contribution is 0.174. The number of fused-ring (bicyclic) bond motifs is 2. The number of nitrogen functional groups attached to an aromatic ring is 1. The Morgan fingerprint density at radius 3 is 2.32 bits per heavy atom. The van der Waals surface area contributed by atoms with Crippen molar-refractivity contribution in [3.63, 3.8) is 0 Å². The Labute approximate surface area is 200 Å². The zero-order chi connectivity index (χ0) is 24.1. The zero-order valence-corrected chi connectivity index (χ0v) is 19.1. The monoisotopic (exact) mass is 559 g/mol. The van der Waals surface area contributed by atoms with E-state index in [1.54, 1.807) is 12.1 Å². The van der Waals surface area contributed by atoms with Crippen LogP contribution >= 0.6 is 27.7 Å². The van der Waals surface area contributed by atoms with Gasteiger partial charge in [0.15, 0.2) is 57.3 Å². The van der Waals surface area contributed by atoms with Gasteiger partial charge in [0.25, 0.3) is 0 Å². The first-order chi connectivity index (χ1) is 16.2. The van der Waals surface area contributed by atoms with Gasteiger partial charge in [-0.05, 0) is 46.2 Å². The predicted octanol–water partition coefficient (Wildman–Crippen LogP) is 4.94. The average Bonchev–Trinajstić information content (AvgIpc) is 3.45. The molecular formula is C20H11BrF5N5O2S. The summed E-state index contributed by atoms with van der Waals surface area (Å²) in [5, 5.41) is 0.291. The molecule has 0 atom stereocenters. The zero-order valence-electron chi connectivity index (χ0n) is 16.7. The molecule has 0 bridgehead atoms. The average molecular weight is 560 g/mol. The summed E-state index contributed by atoms with van der Waals surface area (Å²) in [5.74, 6) is -8.53. The van der Waals surface area contributed by atoms with Crippen LogP contribution < -0.4 is 15.2 Å². The van der Waals surface area contributed by atoms with Crippen LogP contribution in [0.2, 0.25) is 0 Å². The number of aromatic nitrogens is 4. The summed E-state index contributed by atoms with van der Waals surface area (Å²) in [6.07, 6.45) is 0.740. The molecule has 0 fully saturated rings. The Morgan fingerprint density at radius 2 is 1.62 bits per heavy atom. The van der Waals surface area contributed by atoms with E-state index < -0.39 is 41.1 Å². The molecule has 0 aliphatic carbocycles. The third-order valence-corrected chi connectivity index (χ3v) is 6.84. The number of nitrogens with two attached hydrogens (primary N) is 1. The first kappa shape index (κ1) is 22.7. The maximum absolute atomic E-state index is 14.0. The highest BCUT2D eigenvalue weighted by molar-refractivity contribution is 9.10. The summed E-state index contributed by atoms with van der Waals surface area (Å²) < 4.78 is 81.2. The first-order valence-electron chi connectivity index (χ1n) is 9.50. The topological polar surface area (TPSA) is 88.1 Å². The minimum Gasteiger partial charge on any atom is -0.454 e. The van der Waals surface area contributed by atoms with Crippen LogP contribution in [0.4, 0.5) is 27.8 Å². The van der Waals surface area contributed by atoms with Gasteiger partial charge >= 0.3 is 0 Å². The maximum atomic E-state index is 14.0. The normalized spacial score (nSPS) is 12.6. The van der Waals surface area contributed by atoms with E-state index in [4.69, 9.17) is 15.2 Å². The van der Waals surface area contributed by atoms with Crippen LogP contribution in [0, 0.1) is 29.1 Å². The van der Waals surface area contributed by atoms with E-state index in [1.165, 1.54) is 22.7 Å². The van der Waals surface area contributed by atoms with Gasteiger partial charge in [-0.2, -0.15) is 0 Å². The highest BCUT2D eigenvalue weighted by Crippen LogP contribution is 2.43. The fourth-order valence-corrected chi connectivity index (χ4v) is 4.67. The molecule has 0 unspecified atom stereocenters. The fraction of sp³-hybridized carbons (Fsp3) is 0.150. The van der Waals surface area contributed by atoms with Crippen LogP contribution in [-0.4, -0.2) is 26.3 Å². The number of anilines is 1. The molecule has 0 saturated heterocycles. The van der Waals surface area contributed by atoms with Gasteiger partial charge in [-0.25, -0.2) is 36.9 Å².